The Hall–Kier alpha value is -3.81. The third-order valence-electron chi connectivity index (χ3n) is 6.27. The van der Waals surface area contributed by atoms with Gasteiger partial charge in [0.05, 0.1) is 25.7 Å². The molecule has 0 spiro atoms. The molecular weight excluding hydrogens is 413 g/mol. The second-order valence-corrected chi connectivity index (χ2v) is 7.98. The Morgan fingerprint density at radius 1 is 0.969 bits per heavy atom. The number of halogens is 1. The number of hydrogen-bond donors (Lipinski definition) is 3. The van der Waals surface area contributed by atoms with Crippen molar-refractivity contribution in [2.75, 3.05) is 19.5 Å². The first-order valence-electron chi connectivity index (χ1n) is 10.3. The number of aromatic nitrogens is 2. The molecule has 3 N–H and O–H groups in total. The predicted octanol–water partition coefficient (Wildman–Crippen LogP) is 3.82. The number of carbonyl (C=O) groups excluding carboxylic acids is 1. The Kier molecular flexibility index (Phi) is 4.84. The molecule has 1 aliphatic heterocycles. The van der Waals surface area contributed by atoms with Crippen molar-refractivity contribution in [3.05, 3.63) is 86.6 Å². The van der Waals surface area contributed by atoms with E-state index in [0.29, 0.717) is 46.1 Å². The van der Waals surface area contributed by atoms with Crippen LogP contribution in [0.2, 0.25) is 0 Å². The first kappa shape index (κ1) is 20.1. The third kappa shape index (κ3) is 3.10. The molecule has 164 valence electrons. The van der Waals surface area contributed by atoms with Crippen molar-refractivity contribution < 1.29 is 18.7 Å². The minimum Gasteiger partial charge on any atom is -0.493 e. The Labute approximate surface area is 183 Å². The lowest BCUT2D eigenvalue weighted by atomic mass is 9.72. The molecule has 8 heteroatoms. The molecule has 0 radical (unpaired) electrons. The fourth-order valence-electron chi connectivity index (χ4n) is 4.78. The molecule has 1 aromatic heterocycles. The SMILES string of the molecule is COc1ccc(C2CC(=O)C3=C(C2)Nc2[nH][nH]c(=O)c2C3c2ccccc2F)cc1OC. The standard InChI is InChI=1S/C24H22FN3O4/c1-31-18-8-7-12(11-19(18)32-2)13-9-16-21(17(29)10-13)20(14-5-3-4-6-15(14)25)22-23(26-16)27-28-24(22)30/h3-8,11,13,20H,9-10H2,1-2H3,(H3,26,27,28,30). The molecule has 2 aliphatic rings. The number of methoxy groups -OCH3 is 2. The van der Waals surface area contributed by atoms with Crippen LogP contribution in [0.5, 0.6) is 11.5 Å². The van der Waals surface area contributed by atoms with Gasteiger partial charge in [-0.15, -0.1) is 0 Å². The summed E-state index contributed by atoms with van der Waals surface area (Å²) in [6.45, 7) is 0. The van der Waals surface area contributed by atoms with Gasteiger partial charge >= 0.3 is 0 Å². The van der Waals surface area contributed by atoms with Crippen molar-refractivity contribution >= 4 is 11.6 Å². The lowest BCUT2D eigenvalue weighted by Crippen LogP contribution is -2.31. The van der Waals surface area contributed by atoms with Crippen LogP contribution in [0.25, 0.3) is 0 Å². The number of H-pyrrole nitrogens is 2. The Balaban J connectivity index is 1.60. The maximum absolute atomic E-state index is 14.8. The minimum absolute atomic E-state index is 0.0953. The molecule has 7 nitrogen and oxygen atoms in total. The average molecular weight is 435 g/mol. The number of nitrogens with one attached hydrogen (secondary N) is 3. The summed E-state index contributed by atoms with van der Waals surface area (Å²) in [6.07, 6.45) is 0.784. The monoisotopic (exact) mass is 435 g/mol. The van der Waals surface area contributed by atoms with E-state index in [1.165, 1.54) is 6.07 Å². The summed E-state index contributed by atoms with van der Waals surface area (Å²) in [5.74, 6) is 0.241. The van der Waals surface area contributed by atoms with Crippen molar-refractivity contribution in [1.82, 2.24) is 10.2 Å². The lowest BCUT2D eigenvalue weighted by Gasteiger charge is -2.34. The molecule has 2 heterocycles. The number of Topliss-reactive ketones (excluding diaryl/α,β-unsaturated/α-hetero) is 1. The molecule has 0 fully saturated rings. The van der Waals surface area contributed by atoms with E-state index in [4.69, 9.17) is 9.47 Å². The summed E-state index contributed by atoms with van der Waals surface area (Å²) in [4.78, 5) is 26.0. The van der Waals surface area contributed by atoms with Crippen LogP contribution >= 0.6 is 0 Å². The zero-order chi connectivity index (χ0) is 22.4. The number of anilines is 1. The summed E-state index contributed by atoms with van der Waals surface area (Å²) >= 11 is 0. The molecule has 32 heavy (non-hydrogen) atoms. The number of benzene rings is 2. The molecule has 2 atom stereocenters. The molecule has 0 bridgehead atoms. The van der Waals surface area contributed by atoms with Gasteiger partial charge in [0.25, 0.3) is 5.56 Å². The highest BCUT2D eigenvalue weighted by Crippen LogP contribution is 2.47. The van der Waals surface area contributed by atoms with Gasteiger partial charge in [-0.25, -0.2) is 4.39 Å². The summed E-state index contributed by atoms with van der Waals surface area (Å²) < 4.78 is 25.5. The first-order valence-corrected chi connectivity index (χ1v) is 10.3. The zero-order valence-corrected chi connectivity index (χ0v) is 17.6. The van der Waals surface area contributed by atoms with Crippen molar-refractivity contribution in [3.63, 3.8) is 0 Å². The molecule has 1 aliphatic carbocycles. The van der Waals surface area contributed by atoms with E-state index in [2.05, 4.69) is 15.5 Å². The molecule has 0 saturated carbocycles. The molecule has 2 aromatic carbocycles. The maximum atomic E-state index is 14.8. The second-order valence-electron chi connectivity index (χ2n) is 7.98. The van der Waals surface area contributed by atoms with Crippen molar-refractivity contribution in [2.45, 2.75) is 24.7 Å². The van der Waals surface area contributed by atoms with Gasteiger partial charge in [0, 0.05) is 23.3 Å². The van der Waals surface area contributed by atoms with Gasteiger partial charge in [-0.2, -0.15) is 0 Å². The number of ketones is 1. The van der Waals surface area contributed by atoms with Crippen LogP contribution in [0, 0.1) is 5.82 Å². The molecular formula is C24H22FN3O4. The van der Waals surface area contributed by atoms with Gasteiger partial charge in [-0.05, 0) is 36.1 Å². The molecule has 0 saturated heterocycles. The number of ether oxygens (including phenoxy) is 2. The highest BCUT2D eigenvalue weighted by molar-refractivity contribution is 6.01. The van der Waals surface area contributed by atoms with E-state index in [9.17, 15) is 14.0 Å². The van der Waals surface area contributed by atoms with Crippen LogP contribution < -0.4 is 20.3 Å². The number of allylic oxidation sites excluding steroid dienone is 2. The predicted molar refractivity (Wildman–Crippen MR) is 117 cm³/mol. The Morgan fingerprint density at radius 3 is 2.50 bits per heavy atom. The fourth-order valence-corrected chi connectivity index (χ4v) is 4.78. The summed E-state index contributed by atoms with van der Waals surface area (Å²) in [5, 5.41) is 8.60. The van der Waals surface area contributed by atoms with Crippen LogP contribution in [0.4, 0.5) is 10.2 Å². The number of carbonyl (C=O) groups is 1. The quantitative estimate of drug-likeness (QED) is 0.579. The highest BCUT2D eigenvalue weighted by atomic mass is 19.1. The van der Waals surface area contributed by atoms with Crippen molar-refractivity contribution in [1.29, 1.82) is 0 Å². The smallest absolute Gasteiger partial charge is 0.270 e. The first-order chi connectivity index (χ1) is 15.5. The largest absolute Gasteiger partial charge is 0.493 e. The van der Waals surface area contributed by atoms with Crippen LogP contribution in [0.3, 0.4) is 0 Å². The van der Waals surface area contributed by atoms with Crippen LogP contribution in [0.15, 0.2) is 58.5 Å². The van der Waals surface area contributed by atoms with Gasteiger partial charge in [0.15, 0.2) is 17.3 Å². The zero-order valence-electron chi connectivity index (χ0n) is 17.6. The lowest BCUT2D eigenvalue weighted by molar-refractivity contribution is -0.116. The summed E-state index contributed by atoms with van der Waals surface area (Å²) in [7, 11) is 3.14. The number of hydrogen-bond acceptors (Lipinski definition) is 5. The van der Waals surface area contributed by atoms with E-state index in [1.807, 2.05) is 18.2 Å². The molecule has 5 rings (SSSR count). The third-order valence-corrected chi connectivity index (χ3v) is 6.27. The van der Waals surface area contributed by atoms with Gasteiger partial charge < -0.3 is 14.8 Å². The van der Waals surface area contributed by atoms with E-state index >= 15 is 0 Å². The molecule has 0 amide bonds. The van der Waals surface area contributed by atoms with Gasteiger partial charge in [0.2, 0.25) is 0 Å². The van der Waals surface area contributed by atoms with Crippen molar-refractivity contribution in [3.8, 4) is 11.5 Å². The van der Waals surface area contributed by atoms with Crippen LogP contribution in [-0.2, 0) is 4.79 Å². The Bertz CT molecular complexity index is 1310. The molecule has 2 unspecified atom stereocenters. The normalized spacial score (nSPS) is 19.8. The highest BCUT2D eigenvalue weighted by Gasteiger charge is 2.41. The Morgan fingerprint density at radius 2 is 1.75 bits per heavy atom. The maximum Gasteiger partial charge on any atom is 0.270 e. The van der Waals surface area contributed by atoms with E-state index < -0.39 is 11.7 Å². The molecule has 3 aromatic rings. The van der Waals surface area contributed by atoms with Gasteiger partial charge in [-0.1, -0.05) is 24.3 Å². The topological polar surface area (TPSA) is 96.2 Å². The number of fused-ring (bicyclic) bond motifs is 1. The van der Waals surface area contributed by atoms with Gasteiger partial charge in [0.1, 0.15) is 11.6 Å². The summed E-state index contributed by atoms with van der Waals surface area (Å²) in [5.41, 5.74) is 2.35. The fraction of sp³-hybridized carbons (Fsp3) is 0.250. The van der Waals surface area contributed by atoms with E-state index in [1.54, 1.807) is 32.4 Å². The minimum atomic E-state index is -0.767. The van der Waals surface area contributed by atoms with Crippen LogP contribution in [0.1, 0.15) is 41.4 Å². The number of aromatic amines is 2. The summed E-state index contributed by atoms with van der Waals surface area (Å²) in [6, 6.07) is 11.9. The van der Waals surface area contributed by atoms with Gasteiger partial charge in [-0.3, -0.25) is 19.8 Å². The second kappa shape index (κ2) is 7.71. The van der Waals surface area contributed by atoms with Crippen LogP contribution in [-0.4, -0.2) is 30.2 Å². The van der Waals surface area contributed by atoms with E-state index in [-0.39, 0.29) is 23.7 Å². The van der Waals surface area contributed by atoms with Crippen molar-refractivity contribution in [2.24, 2.45) is 0 Å². The number of rotatable bonds is 4. The van der Waals surface area contributed by atoms with E-state index in [0.717, 1.165) is 5.56 Å². The average Bonchev–Trinajstić information content (AvgIpc) is 3.17.